The molecule has 3 heterocycles. The average Bonchev–Trinajstić information content (AvgIpc) is 3.30. The minimum atomic E-state index is -3.52. The number of benzene rings is 1. The van der Waals surface area contributed by atoms with Crippen molar-refractivity contribution in [1.29, 1.82) is 0 Å². The van der Waals surface area contributed by atoms with E-state index in [0.29, 0.717) is 50.6 Å². The standard InChI is InChI=1S/C22H32N2O5S/c1-16-5-6-20(14-17(16)2)30(26,27)24-10-7-18(8-11-24)21(25)23-9-3-4-19(15-23)22-28-12-13-29-22/h5-6,14,18-19,22H,3-4,7-13,15H2,1-2H3. The van der Waals surface area contributed by atoms with Gasteiger partial charge < -0.3 is 14.4 Å². The molecule has 7 nitrogen and oxygen atoms in total. The van der Waals surface area contributed by atoms with Crippen LogP contribution in [0, 0.1) is 25.7 Å². The number of rotatable bonds is 4. The predicted molar refractivity (Wildman–Crippen MR) is 112 cm³/mol. The summed E-state index contributed by atoms with van der Waals surface area (Å²) in [6, 6.07) is 5.27. The lowest BCUT2D eigenvalue weighted by molar-refractivity contribution is -0.144. The normalized spacial score (nSPS) is 25.0. The molecule has 166 valence electrons. The number of sulfonamides is 1. The number of nitrogens with zero attached hydrogens (tertiary/aromatic N) is 2. The molecule has 3 saturated heterocycles. The first-order valence-electron chi connectivity index (χ1n) is 11.0. The second-order valence-electron chi connectivity index (χ2n) is 8.72. The van der Waals surface area contributed by atoms with Crippen molar-refractivity contribution in [2.75, 3.05) is 39.4 Å². The Morgan fingerprint density at radius 2 is 1.70 bits per heavy atom. The number of hydrogen-bond donors (Lipinski definition) is 0. The average molecular weight is 437 g/mol. The highest BCUT2D eigenvalue weighted by Crippen LogP contribution is 2.29. The molecule has 3 fully saturated rings. The van der Waals surface area contributed by atoms with Crippen LogP contribution in [0.3, 0.4) is 0 Å². The van der Waals surface area contributed by atoms with Crippen molar-refractivity contribution < 1.29 is 22.7 Å². The van der Waals surface area contributed by atoms with Crippen LogP contribution in [0.5, 0.6) is 0 Å². The van der Waals surface area contributed by atoms with Gasteiger partial charge in [-0.1, -0.05) is 6.07 Å². The lowest BCUT2D eigenvalue weighted by Gasteiger charge is -2.38. The van der Waals surface area contributed by atoms with E-state index in [1.165, 1.54) is 4.31 Å². The molecule has 1 aromatic rings. The van der Waals surface area contributed by atoms with E-state index in [1.54, 1.807) is 12.1 Å². The Hall–Kier alpha value is -1.48. The summed E-state index contributed by atoms with van der Waals surface area (Å²) in [4.78, 5) is 15.4. The van der Waals surface area contributed by atoms with Crippen molar-refractivity contribution in [3.05, 3.63) is 29.3 Å². The molecule has 0 spiro atoms. The molecule has 0 saturated carbocycles. The number of carbonyl (C=O) groups is 1. The zero-order valence-corrected chi connectivity index (χ0v) is 18.7. The number of carbonyl (C=O) groups excluding carboxylic acids is 1. The van der Waals surface area contributed by atoms with E-state index in [0.717, 1.165) is 30.5 Å². The number of hydrogen-bond acceptors (Lipinski definition) is 5. The Morgan fingerprint density at radius 3 is 2.37 bits per heavy atom. The molecule has 30 heavy (non-hydrogen) atoms. The quantitative estimate of drug-likeness (QED) is 0.724. The molecular weight excluding hydrogens is 404 g/mol. The summed E-state index contributed by atoms with van der Waals surface area (Å²) in [5.41, 5.74) is 2.04. The highest BCUT2D eigenvalue weighted by atomic mass is 32.2. The predicted octanol–water partition coefficient (Wildman–Crippen LogP) is 2.32. The van der Waals surface area contributed by atoms with Crippen LogP contribution in [0.2, 0.25) is 0 Å². The fourth-order valence-electron chi connectivity index (χ4n) is 4.71. The summed E-state index contributed by atoms with van der Waals surface area (Å²) in [5, 5.41) is 0. The van der Waals surface area contributed by atoms with Crippen molar-refractivity contribution in [2.24, 2.45) is 11.8 Å². The van der Waals surface area contributed by atoms with Gasteiger partial charge in [-0.25, -0.2) is 8.42 Å². The van der Waals surface area contributed by atoms with Crippen LogP contribution in [0.1, 0.15) is 36.8 Å². The Morgan fingerprint density at radius 1 is 1.00 bits per heavy atom. The van der Waals surface area contributed by atoms with Gasteiger partial charge in [-0.05, 0) is 62.8 Å². The molecule has 1 atom stereocenters. The van der Waals surface area contributed by atoms with E-state index < -0.39 is 10.0 Å². The molecule has 8 heteroatoms. The first-order chi connectivity index (χ1) is 14.4. The molecule has 0 bridgehead atoms. The van der Waals surface area contributed by atoms with Crippen molar-refractivity contribution in [2.45, 2.75) is 50.7 Å². The third kappa shape index (κ3) is 4.42. The zero-order chi connectivity index (χ0) is 21.3. The second kappa shape index (κ2) is 8.94. The first-order valence-corrected chi connectivity index (χ1v) is 12.4. The van der Waals surface area contributed by atoms with E-state index in [2.05, 4.69) is 0 Å². The van der Waals surface area contributed by atoms with E-state index in [9.17, 15) is 13.2 Å². The van der Waals surface area contributed by atoms with Crippen LogP contribution in [0.25, 0.3) is 0 Å². The molecule has 0 aromatic heterocycles. The summed E-state index contributed by atoms with van der Waals surface area (Å²) in [6.07, 6.45) is 2.92. The number of ether oxygens (including phenoxy) is 2. The van der Waals surface area contributed by atoms with Gasteiger partial charge in [0.2, 0.25) is 15.9 Å². The summed E-state index contributed by atoms with van der Waals surface area (Å²) < 4.78 is 38.9. The Labute approximate surface area is 179 Å². The number of piperidine rings is 2. The molecule has 0 N–H and O–H groups in total. The van der Waals surface area contributed by atoms with Gasteiger partial charge in [-0.3, -0.25) is 4.79 Å². The van der Waals surface area contributed by atoms with E-state index in [4.69, 9.17) is 9.47 Å². The Balaban J connectivity index is 1.35. The topological polar surface area (TPSA) is 76.2 Å². The fraction of sp³-hybridized carbons (Fsp3) is 0.682. The van der Waals surface area contributed by atoms with Crippen molar-refractivity contribution in [3.8, 4) is 0 Å². The van der Waals surface area contributed by atoms with E-state index in [1.807, 2.05) is 24.8 Å². The highest BCUT2D eigenvalue weighted by molar-refractivity contribution is 7.89. The van der Waals surface area contributed by atoms with Gasteiger partial charge in [-0.2, -0.15) is 4.31 Å². The van der Waals surface area contributed by atoms with Crippen LogP contribution in [0.15, 0.2) is 23.1 Å². The molecule has 0 aliphatic carbocycles. The largest absolute Gasteiger partial charge is 0.350 e. The minimum Gasteiger partial charge on any atom is -0.350 e. The summed E-state index contributed by atoms with van der Waals surface area (Å²) in [6.45, 7) is 7.36. The van der Waals surface area contributed by atoms with Crippen molar-refractivity contribution in [3.63, 3.8) is 0 Å². The number of aryl methyl sites for hydroxylation is 2. The maximum absolute atomic E-state index is 13.1. The number of likely N-dealkylation sites (tertiary alicyclic amines) is 1. The third-order valence-electron chi connectivity index (χ3n) is 6.72. The SMILES string of the molecule is Cc1ccc(S(=O)(=O)N2CCC(C(=O)N3CCCC(C4OCCO4)C3)CC2)cc1C. The van der Waals surface area contributed by atoms with Crippen LogP contribution in [-0.4, -0.2) is 69.2 Å². The van der Waals surface area contributed by atoms with Gasteiger partial charge >= 0.3 is 0 Å². The summed E-state index contributed by atoms with van der Waals surface area (Å²) >= 11 is 0. The molecule has 3 aliphatic heterocycles. The Kier molecular flexibility index (Phi) is 6.48. The van der Waals surface area contributed by atoms with Crippen LogP contribution < -0.4 is 0 Å². The number of amides is 1. The van der Waals surface area contributed by atoms with Crippen molar-refractivity contribution in [1.82, 2.24) is 9.21 Å². The first kappa shape index (κ1) is 21.7. The molecule has 3 aliphatic rings. The summed E-state index contributed by atoms with van der Waals surface area (Å²) in [5.74, 6) is 0.275. The lowest BCUT2D eigenvalue weighted by Crippen LogP contribution is -2.48. The van der Waals surface area contributed by atoms with Crippen LogP contribution in [0.4, 0.5) is 0 Å². The van der Waals surface area contributed by atoms with E-state index in [-0.39, 0.29) is 24.0 Å². The van der Waals surface area contributed by atoms with Gasteiger partial charge in [0, 0.05) is 38.0 Å². The molecule has 1 amide bonds. The van der Waals surface area contributed by atoms with Gasteiger partial charge in [0.1, 0.15) is 0 Å². The minimum absolute atomic E-state index is 0.111. The van der Waals surface area contributed by atoms with Gasteiger partial charge in [0.05, 0.1) is 18.1 Å². The van der Waals surface area contributed by atoms with Crippen LogP contribution >= 0.6 is 0 Å². The van der Waals surface area contributed by atoms with E-state index >= 15 is 0 Å². The fourth-order valence-corrected chi connectivity index (χ4v) is 6.26. The van der Waals surface area contributed by atoms with Gasteiger partial charge in [0.15, 0.2) is 6.29 Å². The molecule has 0 radical (unpaired) electrons. The van der Waals surface area contributed by atoms with Crippen molar-refractivity contribution >= 4 is 15.9 Å². The van der Waals surface area contributed by atoms with Gasteiger partial charge in [-0.15, -0.1) is 0 Å². The van der Waals surface area contributed by atoms with Crippen LogP contribution in [-0.2, 0) is 24.3 Å². The molecule has 1 aromatic carbocycles. The zero-order valence-electron chi connectivity index (χ0n) is 17.9. The highest BCUT2D eigenvalue weighted by Gasteiger charge is 2.37. The smallest absolute Gasteiger partial charge is 0.243 e. The maximum Gasteiger partial charge on any atom is 0.243 e. The molecule has 4 rings (SSSR count). The van der Waals surface area contributed by atoms with Gasteiger partial charge in [0.25, 0.3) is 0 Å². The summed E-state index contributed by atoms with van der Waals surface area (Å²) in [7, 11) is -3.52. The monoisotopic (exact) mass is 436 g/mol. The lowest BCUT2D eigenvalue weighted by atomic mass is 9.92. The third-order valence-corrected chi connectivity index (χ3v) is 8.62. The second-order valence-corrected chi connectivity index (χ2v) is 10.7. The molecular formula is C22H32N2O5S. The maximum atomic E-state index is 13.1. The Bertz CT molecular complexity index is 874. The molecule has 1 unspecified atom stereocenters.